The molecule has 3 aromatic rings. The molecule has 1 amide bonds. The van der Waals surface area contributed by atoms with E-state index in [4.69, 9.17) is 0 Å². The molecule has 0 spiro atoms. The number of benzene rings is 2. The molecule has 0 radical (unpaired) electrons. The summed E-state index contributed by atoms with van der Waals surface area (Å²) in [5, 5.41) is 5.25. The fraction of sp³-hybridized carbons (Fsp3) is 0.261. The summed E-state index contributed by atoms with van der Waals surface area (Å²) in [6, 6.07) is 21.1. The molecular formula is C23H24N2OS. The van der Waals surface area contributed by atoms with Crippen molar-refractivity contribution in [3.8, 4) is 11.1 Å². The maximum Gasteiger partial charge on any atom is 0.262 e. The molecule has 3 nitrogen and oxygen atoms in total. The van der Waals surface area contributed by atoms with Gasteiger partial charge in [-0.15, -0.1) is 11.3 Å². The second-order valence-corrected chi connectivity index (χ2v) is 8.13. The predicted molar refractivity (Wildman–Crippen MR) is 112 cm³/mol. The molecule has 1 aliphatic rings. The van der Waals surface area contributed by atoms with Crippen LogP contribution in [0.2, 0.25) is 0 Å². The van der Waals surface area contributed by atoms with Crippen LogP contribution < -0.4 is 5.32 Å². The third kappa shape index (κ3) is 4.29. The number of likely N-dealkylation sites (tertiary alicyclic amines) is 1. The second kappa shape index (κ2) is 8.07. The minimum atomic E-state index is 0.0483. The van der Waals surface area contributed by atoms with Gasteiger partial charge in [-0.05, 0) is 35.9 Å². The SMILES string of the molecule is Cc1ccc(-c2ccsc2C(=O)N[C@@H]2CCN(Cc3ccccc3)C2)cc1. The molecule has 0 aliphatic carbocycles. The molecule has 1 fully saturated rings. The number of carbonyl (C=O) groups excluding carboxylic acids is 1. The van der Waals surface area contributed by atoms with Gasteiger partial charge in [0.1, 0.15) is 0 Å². The van der Waals surface area contributed by atoms with Crippen molar-refractivity contribution in [1.29, 1.82) is 0 Å². The number of amides is 1. The number of aryl methyl sites for hydroxylation is 1. The van der Waals surface area contributed by atoms with Gasteiger partial charge in [0.05, 0.1) is 4.88 Å². The summed E-state index contributed by atoms with van der Waals surface area (Å²) in [7, 11) is 0. The van der Waals surface area contributed by atoms with Crippen molar-refractivity contribution < 1.29 is 4.79 Å². The van der Waals surface area contributed by atoms with Gasteiger partial charge in [0.25, 0.3) is 5.91 Å². The minimum Gasteiger partial charge on any atom is -0.347 e. The monoisotopic (exact) mass is 376 g/mol. The number of nitrogens with zero attached hydrogens (tertiary/aromatic N) is 1. The molecule has 0 bridgehead atoms. The normalized spacial score (nSPS) is 17.1. The first-order chi connectivity index (χ1) is 13.2. The summed E-state index contributed by atoms with van der Waals surface area (Å²) < 4.78 is 0. The van der Waals surface area contributed by atoms with E-state index in [1.54, 1.807) is 0 Å². The van der Waals surface area contributed by atoms with Gasteiger partial charge in [0.15, 0.2) is 0 Å². The predicted octanol–water partition coefficient (Wildman–Crippen LogP) is 4.73. The number of carbonyl (C=O) groups is 1. The number of thiophene rings is 1. The van der Waals surface area contributed by atoms with Crippen LogP contribution in [-0.4, -0.2) is 29.9 Å². The molecule has 27 heavy (non-hydrogen) atoms. The van der Waals surface area contributed by atoms with E-state index in [0.29, 0.717) is 0 Å². The van der Waals surface area contributed by atoms with Crippen molar-refractivity contribution in [3.63, 3.8) is 0 Å². The van der Waals surface area contributed by atoms with E-state index < -0.39 is 0 Å². The first kappa shape index (κ1) is 18.0. The van der Waals surface area contributed by atoms with Gasteiger partial charge in [-0.1, -0.05) is 60.2 Å². The van der Waals surface area contributed by atoms with Crippen LogP contribution in [-0.2, 0) is 6.54 Å². The molecule has 138 valence electrons. The lowest BCUT2D eigenvalue weighted by Crippen LogP contribution is -2.36. The number of hydrogen-bond acceptors (Lipinski definition) is 3. The van der Waals surface area contributed by atoms with E-state index >= 15 is 0 Å². The van der Waals surface area contributed by atoms with Crippen LogP contribution >= 0.6 is 11.3 Å². The Morgan fingerprint density at radius 1 is 1.11 bits per heavy atom. The van der Waals surface area contributed by atoms with Gasteiger partial charge >= 0.3 is 0 Å². The molecule has 4 rings (SSSR count). The number of hydrogen-bond donors (Lipinski definition) is 1. The second-order valence-electron chi connectivity index (χ2n) is 7.21. The Bertz CT molecular complexity index is 902. The van der Waals surface area contributed by atoms with Gasteiger partial charge in [-0.2, -0.15) is 0 Å². The zero-order chi connectivity index (χ0) is 18.6. The molecule has 1 aromatic heterocycles. The Morgan fingerprint density at radius 3 is 2.67 bits per heavy atom. The zero-order valence-electron chi connectivity index (χ0n) is 15.5. The van der Waals surface area contributed by atoms with Gasteiger partial charge in [0.2, 0.25) is 0 Å². The third-order valence-corrected chi connectivity index (χ3v) is 6.00. The highest BCUT2D eigenvalue weighted by molar-refractivity contribution is 7.12. The van der Waals surface area contributed by atoms with E-state index in [1.807, 2.05) is 17.5 Å². The Hall–Kier alpha value is -2.43. The van der Waals surface area contributed by atoms with Crippen LogP contribution in [0.1, 0.15) is 27.2 Å². The fourth-order valence-electron chi connectivity index (χ4n) is 3.63. The number of rotatable bonds is 5. The minimum absolute atomic E-state index is 0.0483. The lowest BCUT2D eigenvalue weighted by atomic mass is 10.0. The summed E-state index contributed by atoms with van der Waals surface area (Å²) in [5.41, 5.74) is 4.68. The maximum atomic E-state index is 12.9. The van der Waals surface area contributed by atoms with Crippen molar-refractivity contribution in [2.45, 2.75) is 25.9 Å². The van der Waals surface area contributed by atoms with Crippen LogP contribution in [0, 0.1) is 6.92 Å². The van der Waals surface area contributed by atoms with Crippen molar-refractivity contribution in [2.75, 3.05) is 13.1 Å². The third-order valence-electron chi connectivity index (χ3n) is 5.09. The van der Waals surface area contributed by atoms with Crippen LogP contribution in [0.15, 0.2) is 66.0 Å². The van der Waals surface area contributed by atoms with E-state index in [2.05, 4.69) is 65.7 Å². The Balaban J connectivity index is 1.39. The quantitative estimate of drug-likeness (QED) is 0.698. The molecule has 2 aromatic carbocycles. The van der Waals surface area contributed by atoms with Crippen LogP contribution in [0.25, 0.3) is 11.1 Å². The van der Waals surface area contributed by atoms with E-state index in [-0.39, 0.29) is 11.9 Å². The summed E-state index contributed by atoms with van der Waals surface area (Å²) in [4.78, 5) is 16.1. The molecule has 1 N–H and O–H groups in total. The molecule has 2 heterocycles. The van der Waals surface area contributed by atoms with Crippen LogP contribution in [0.5, 0.6) is 0 Å². The summed E-state index contributed by atoms with van der Waals surface area (Å²) in [6.07, 6.45) is 1.00. The molecule has 0 saturated carbocycles. The Kier molecular flexibility index (Phi) is 5.37. The summed E-state index contributed by atoms with van der Waals surface area (Å²) in [5.74, 6) is 0.0483. The fourth-order valence-corrected chi connectivity index (χ4v) is 4.45. The number of nitrogens with one attached hydrogen (secondary N) is 1. The highest BCUT2D eigenvalue weighted by atomic mass is 32.1. The molecule has 1 atom stereocenters. The van der Waals surface area contributed by atoms with Gasteiger partial charge in [0, 0.05) is 31.2 Å². The largest absolute Gasteiger partial charge is 0.347 e. The zero-order valence-corrected chi connectivity index (χ0v) is 16.3. The van der Waals surface area contributed by atoms with Gasteiger partial charge in [-0.3, -0.25) is 9.69 Å². The van der Waals surface area contributed by atoms with E-state index in [1.165, 1.54) is 22.5 Å². The molecule has 1 aliphatic heterocycles. The molecule has 1 saturated heterocycles. The van der Waals surface area contributed by atoms with Crippen molar-refractivity contribution in [2.24, 2.45) is 0 Å². The van der Waals surface area contributed by atoms with E-state index in [0.717, 1.165) is 42.1 Å². The smallest absolute Gasteiger partial charge is 0.262 e. The lowest BCUT2D eigenvalue weighted by Gasteiger charge is -2.17. The highest BCUT2D eigenvalue weighted by Gasteiger charge is 2.25. The van der Waals surface area contributed by atoms with Crippen molar-refractivity contribution in [1.82, 2.24) is 10.2 Å². The van der Waals surface area contributed by atoms with E-state index in [9.17, 15) is 4.79 Å². The van der Waals surface area contributed by atoms with Crippen molar-refractivity contribution in [3.05, 3.63) is 82.0 Å². The first-order valence-electron chi connectivity index (χ1n) is 9.41. The average molecular weight is 377 g/mol. The first-order valence-corrected chi connectivity index (χ1v) is 10.3. The average Bonchev–Trinajstić information content (AvgIpc) is 3.33. The molecule has 0 unspecified atom stereocenters. The Morgan fingerprint density at radius 2 is 1.89 bits per heavy atom. The summed E-state index contributed by atoms with van der Waals surface area (Å²) in [6.45, 7) is 4.95. The summed E-state index contributed by atoms with van der Waals surface area (Å²) >= 11 is 1.52. The van der Waals surface area contributed by atoms with Crippen molar-refractivity contribution >= 4 is 17.2 Å². The molecule has 4 heteroatoms. The van der Waals surface area contributed by atoms with Gasteiger partial charge < -0.3 is 5.32 Å². The van der Waals surface area contributed by atoms with Crippen LogP contribution in [0.4, 0.5) is 0 Å². The standard InChI is InChI=1S/C23H24N2OS/c1-17-7-9-19(10-8-17)21-12-14-27-22(21)23(26)24-20-11-13-25(16-20)15-18-5-3-2-4-6-18/h2-10,12,14,20H,11,13,15-16H2,1H3,(H,24,26)/t20-/m1/s1. The maximum absolute atomic E-state index is 12.9. The highest BCUT2D eigenvalue weighted by Crippen LogP contribution is 2.29. The lowest BCUT2D eigenvalue weighted by molar-refractivity contribution is 0.0942. The van der Waals surface area contributed by atoms with Gasteiger partial charge in [-0.25, -0.2) is 0 Å². The molecular weight excluding hydrogens is 352 g/mol. The van der Waals surface area contributed by atoms with Crippen LogP contribution in [0.3, 0.4) is 0 Å². The topological polar surface area (TPSA) is 32.3 Å². The Labute approximate surface area is 164 Å².